The number of hydrogen-bond acceptors (Lipinski definition) is 4. The van der Waals surface area contributed by atoms with Crippen LogP contribution in [0, 0.1) is 22.7 Å². The second-order valence-corrected chi connectivity index (χ2v) is 4.00. The maximum absolute atomic E-state index is 11.5. The van der Waals surface area contributed by atoms with Crippen molar-refractivity contribution in [2.24, 2.45) is 0 Å². The molecule has 0 aliphatic heterocycles. The standard InChI is InChI=1S/C16H14N2O2/c1-3-20-16(19)15(11-18)9-14-6-4-13(5-7-14)8-12(2)10-17/h4-9H,3H2,1-2H3/b12-8-,15-9+. The van der Waals surface area contributed by atoms with Gasteiger partial charge in [0.1, 0.15) is 11.6 Å². The highest BCUT2D eigenvalue weighted by molar-refractivity contribution is 5.97. The van der Waals surface area contributed by atoms with Crippen LogP contribution in [-0.2, 0) is 9.53 Å². The third-order valence-electron chi connectivity index (χ3n) is 2.42. The van der Waals surface area contributed by atoms with Crippen LogP contribution in [0.1, 0.15) is 25.0 Å². The molecule has 0 N–H and O–H groups in total. The summed E-state index contributed by atoms with van der Waals surface area (Å²) in [5, 5.41) is 17.6. The van der Waals surface area contributed by atoms with Gasteiger partial charge in [-0.3, -0.25) is 0 Å². The number of rotatable bonds is 4. The maximum Gasteiger partial charge on any atom is 0.348 e. The fourth-order valence-corrected chi connectivity index (χ4v) is 1.48. The molecular weight excluding hydrogens is 252 g/mol. The van der Waals surface area contributed by atoms with Crippen molar-refractivity contribution in [3.05, 3.63) is 46.5 Å². The third kappa shape index (κ3) is 4.44. The highest BCUT2D eigenvalue weighted by Gasteiger charge is 2.09. The summed E-state index contributed by atoms with van der Waals surface area (Å²) in [5.41, 5.74) is 2.18. The predicted molar refractivity (Wildman–Crippen MR) is 75.9 cm³/mol. The fraction of sp³-hybridized carbons (Fsp3) is 0.188. The molecule has 100 valence electrons. The Morgan fingerprint density at radius 2 is 1.70 bits per heavy atom. The lowest BCUT2D eigenvalue weighted by molar-refractivity contribution is -0.137. The van der Waals surface area contributed by atoms with E-state index in [4.69, 9.17) is 15.3 Å². The van der Waals surface area contributed by atoms with E-state index in [-0.39, 0.29) is 12.2 Å². The van der Waals surface area contributed by atoms with Crippen LogP contribution in [-0.4, -0.2) is 12.6 Å². The van der Waals surface area contributed by atoms with Crippen molar-refractivity contribution in [2.75, 3.05) is 6.61 Å². The van der Waals surface area contributed by atoms with Gasteiger partial charge >= 0.3 is 5.97 Å². The van der Waals surface area contributed by atoms with Gasteiger partial charge in [-0.05, 0) is 37.1 Å². The van der Waals surface area contributed by atoms with Crippen molar-refractivity contribution < 1.29 is 9.53 Å². The normalized spacial score (nSPS) is 11.4. The van der Waals surface area contributed by atoms with E-state index in [2.05, 4.69) is 0 Å². The average molecular weight is 266 g/mol. The summed E-state index contributed by atoms with van der Waals surface area (Å²) in [4.78, 5) is 11.5. The summed E-state index contributed by atoms with van der Waals surface area (Å²) in [5.74, 6) is -0.626. The number of nitriles is 2. The Kier molecular flexibility index (Phi) is 5.75. The minimum Gasteiger partial charge on any atom is -0.462 e. The number of benzene rings is 1. The van der Waals surface area contributed by atoms with Gasteiger partial charge in [0.15, 0.2) is 0 Å². The van der Waals surface area contributed by atoms with Gasteiger partial charge in [0.05, 0.1) is 12.7 Å². The van der Waals surface area contributed by atoms with Crippen molar-refractivity contribution in [1.82, 2.24) is 0 Å². The largest absolute Gasteiger partial charge is 0.462 e. The van der Waals surface area contributed by atoms with Gasteiger partial charge in [0.2, 0.25) is 0 Å². The number of allylic oxidation sites excluding steroid dienone is 1. The average Bonchev–Trinajstić information content (AvgIpc) is 2.46. The summed E-state index contributed by atoms with van der Waals surface area (Å²) in [7, 11) is 0. The van der Waals surface area contributed by atoms with Crippen molar-refractivity contribution in [1.29, 1.82) is 10.5 Å². The molecule has 0 saturated heterocycles. The predicted octanol–water partition coefficient (Wildman–Crippen LogP) is 3.08. The molecule has 1 rings (SSSR count). The SMILES string of the molecule is CCOC(=O)/C(C#N)=C/c1ccc(/C=C(/C)C#N)cc1. The molecule has 0 saturated carbocycles. The van der Waals surface area contributed by atoms with E-state index in [0.29, 0.717) is 5.57 Å². The molecule has 0 spiro atoms. The van der Waals surface area contributed by atoms with Crippen LogP contribution in [0.25, 0.3) is 12.2 Å². The summed E-state index contributed by atoms with van der Waals surface area (Å²) >= 11 is 0. The summed E-state index contributed by atoms with van der Waals surface area (Å²) in [6.45, 7) is 3.64. The van der Waals surface area contributed by atoms with E-state index < -0.39 is 5.97 Å². The first kappa shape index (κ1) is 15.2. The molecule has 1 aromatic rings. The topological polar surface area (TPSA) is 73.9 Å². The first-order chi connectivity index (χ1) is 9.60. The number of carbonyl (C=O) groups is 1. The number of hydrogen-bond donors (Lipinski definition) is 0. The Morgan fingerprint density at radius 1 is 1.15 bits per heavy atom. The second kappa shape index (κ2) is 7.56. The molecule has 0 unspecified atom stereocenters. The number of carbonyl (C=O) groups excluding carboxylic acids is 1. The first-order valence-corrected chi connectivity index (χ1v) is 6.08. The molecule has 0 radical (unpaired) electrons. The Labute approximate surface area is 118 Å². The van der Waals surface area contributed by atoms with Gasteiger partial charge in [-0.15, -0.1) is 0 Å². The first-order valence-electron chi connectivity index (χ1n) is 6.08. The highest BCUT2D eigenvalue weighted by Crippen LogP contribution is 2.12. The zero-order chi connectivity index (χ0) is 15.0. The fourth-order valence-electron chi connectivity index (χ4n) is 1.48. The minimum atomic E-state index is -0.626. The summed E-state index contributed by atoms with van der Waals surface area (Å²) < 4.78 is 4.78. The molecule has 0 aromatic heterocycles. The van der Waals surface area contributed by atoms with Crippen LogP contribution in [0.4, 0.5) is 0 Å². The lowest BCUT2D eigenvalue weighted by Gasteiger charge is -2.00. The molecule has 0 aliphatic carbocycles. The zero-order valence-electron chi connectivity index (χ0n) is 11.4. The van der Waals surface area contributed by atoms with E-state index in [1.807, 2.05) is 24.3 Å². The van der Waals surface area contributed by atoms with Gasteiger partial charge in [0.25, 0.3) is 0 Å². The second-order valence-electron chi connectivity index (χ2n) is 4.00. The number of esters is 1. The minimum absolute atomic E-state index is 0.0386. The zero-order valence-corrected chi connectivity index (χ0v) is 11.4. The van der Waals surface area contributed by atoms with Crippen LogP contribution in [0.2, 0.25) is 0 Å². The van der Waals surface area contributed by atoms with E-state index >= 15 is 0 Å². The maximum atomic E-state index is 11.5. The summed E-state index contributed by atoms with van der Waals surface area (Å²) in [6.07, 6.45) is 3.23. The van der Waals surface area contributed by atoms with Gasteiger partial charge < -0.3 is 4.74 Å². The molecule has 4 nitrogen and oxygen atoms in total. The molecule has 20 heavy (non-hydrogen) atoms. The Bertz CT molecular complexity index is 626. The lowest BCUT2D eigenvalue weighted by atomic mass is 10.1. The van der Waals surface area contributed by atoms with Crippen molar-refractivity contribution in [3.8, 4) is 12.1 Å². The van der Waals surface area contributed by atoms with Gasteiger partial charge in [-0.1, -0.05) is 24.3 Å². The third-order valence-corrected chi connectivity index (χ3v) is 2.42. The lowest BCUT2D eigenvalue weighted by Crippen LogP contribution is -2.05. The van der Waals surface area contributed by atoms with Crippen molar-refractivity contribution in [2.45, 2.75) is 13.8 Å². The number of ether oxygens (including phenoxy) is 1. The molecule has 0 bridgehead atoms. The van der Waals surface area contributed by atoms with Crippen LogP contribution >= 0.6 is 0 Å². The van der Waals surface area contributed by atoms with Crippen molar-refractivity contribution in [3.63, 3.8) is 0 Å². The van der Waals surface area contributed by atoms with E-state index in [0.717, 1.165) is 11.1 Å². The number of nitrogens with zero attached hydrogens (tertiary/aromatic N) is 2. The Balaban J connectivity index is 2.97. The smallest absolute Gasteiger partial charge is 0.348 e. The Morgan fingerprint density at radius 3 is 2.15 bits per heavy atom. The van der Waals surface area contributed by atoms with E-state index in [1.165, 1.54) is 6.08 Å². The molecule has 0 atom stereocenters. The molecule has 1 aromatic carbocycles. The van der Waals surface area contributed by atoms with Crippen LogP contribution in [0.15, 0.2) is 35.4 Å². The Hall–Kier alpha value is -2.85. The molecular formula is C16H14N2O2. The van der Waals surface area contributed by atoms with E-state index in [9.17, 15) is 4.79 Å². The molecule has 0 fully saturated rings. The van der Waals surface area contributed by atoms with Crippen LogP contribution in [0.3, 0.4) is 0 Å². The highest BCUT2D eigenvalue weighted by atomic mass is 16.5. The quantitative estimate of drug-likeness (QED) is 0.477. The van der Waals surface area contributed by atoms with Gasteiger partial charge in [-0.2, -0.15) is 10.5 Å². The molecule has 0 aliphatic rings. The monoisotopic (exact) mass is 266 g/mol. The van der Waals surface area contributed by atoms with E-state index in [1.54, 1.807) is 32.1 Å². The van der Waals surface area contributed by atoms with Gasteiger partial charge in [-0.25, -0.2) is 4.79 Å². The van der Waals surface area contributed by atoms with Crippen molar-refractivity contribution >= 4 is 18.1 Å². The molecule has 4 heteroatoms. The molecule has 0 amide bonds. The van der Waals surface area contributed by atoms with Crippen LogP contribution < -0.4 is 0 Å². The van der Waals surface area contributed by atoms with Crippen LogP contribution in [0.5, 0.6) is 0 Å². The van der Waals surface area contributed by atoms with Gasteiger partial charge in [0, 0.05) is 5.57 Å². The molecule has 0 heterocycles. The summed E-state index contributed by atoms with van der Waals surface area (Å²) in [6, 6.07) is 11.0.